The molecule has 1 aromatic heterocycles. The van der Waals surface area contributed by atoms with Crippen molar-refractivity contribution in [3.63, 3.8) is 0 Å². The Kier molecular flexibility index (Phi) is 6.45. The van der Waals surface area contributed by atoms with Crippen LogP contribution in [0.1, 0.15) is 12.0 Å². The van der Waals surface area contributed by atoms with Crippen molar-refractivity contribution in [1.82, 2.24) is 4.98 Å². The number of hydrogen-bond donors (Lipinski definition) is 1. The third-order valence-corrected chi connectivity index (χ3v) is 2.34. The number of hydrogen-bond acceptors (Lipinski definition) is 3. The van der Waals surface area contributed by atoms with Crippen LogP contribution in [-0.2, 0) is 6.42 Å². The molecule has 0 unspecified atom stereocenters. The molecular weight excluding hydrogens is 206 g/mol. The fourth-order valence-corrected chi connectivity index (χ4v) is 1.45. The molecule has 0 fully saturated rings. The minimum Gasteiger partial charge on any atom is -0.396 e. The number of thiazole rings is 1. The number of nitrogens with zero attached hydrogens (tertiary/aromatic N) is 1. The van der Waals surface area contributed by atoms with Crippen LogP contribution in [0, 0.1) is 0 Å². The van der Waals surface area contributed by atoms with Crippen molar-refractivity contribution in [2.24, 2.45) is 0 Å². The Labute approximate surface area is 94.2 Å². The van der Waals surface area contributed by atoms with E-state index in [1.807, 2.05) is 23.6 Å². The highest BCUT2D eigenvalue weighted by atomic mass is 32.1. The van der Waals surface area contributed by atoms with Gasteiger partial charge in [0.25, 0.3) is 0 Å². The molecule has 0 aliphatic carbocycles. The van der Waals surface area contributed by atoms with Gasteiger partial charge in [0.05, 0.1) is 5.51 Å². The lowest BCUT2D eigenvalue weighted by atomic mass is 10.1. The van der Waals surface area contributed by atoms with E-state index in [1.165, 1.54) is 5.56 Å². The first-order chi connectivity index (χ1) is 7.43. The summed E-state index contributed by atoms with van der Waals surface area (Å²) < 4.78 is 0. The zero-order valence-corrected chi connectivity index (χ0v) is 9.36. The van der Waals surface area contributed by atoms with Gasteiger partial charge in [0.1, 0.15) is 0 Å². The molecule has 0 aliphatic heterocycles. The van der Waals surface area contributed by atoms with Crippen LogP contribution in [0.2, 0.25) is 0 Å². The van der Waals surface area contributed by atoms with Crippen molar-refractivity contribution in [1.29, 1.82) is 0 Å². The first-order valence-electron chi connectivity index (χ1n) is 4.90. The molecule has 3 heteroatoms. The highest BCUT2D eigenvalue weighted by Crippen LogP contribution is 2.00. The highest BCUT2D eigenvalue weighted by molar-refractivity contribution is 7.07. The third-order valence-electron chi connectivity index (χ3n) is 1.81. The molecule has 2 aromatic rings. The molecule has 80 valence electrons. The molecule has 0 radical (unpaired) electrons. The van der Waals surface area contributed by atoms with Gasteiger partial charge in [0.15, 0.2) is 0 Å². The number of aliphatic hydroxyl groups is 1. The minimum atomic E-state index is 0.287. The Morgan fingerprint density at radius 2 is 2.00 bits per heavy atom. The second kappa shape index (κ2) is 8.15. The predicted molar refractivity (Wildman–Crippen MR) is 64.0 cm³/mol. The molecule has 2 nitrogen and oxygen atoms in total. The molecule has 0 bridgehead atoms. The van der Waals surface area contributed by atoms with Crippen molar-refractivity contribution in [2.75, 3.05) is 6.61 Å². The van der Waals surface area contributed by atoms with E-state index in [-0.39, 0.29) is 6.61 Å². The van der Waals surface area contributed by atoms with E-state index in [1.54, 1.807) is 23.0 Å². The van der Waals surface area contributed by atoms with Crippen LogP contribution < -0.4 is 0 Å². The number of aromatic nitrogens is 1. The van der Waals surface area contributed by atoms with E-state index in [2.05, 4.69) is 17.1 Å². The summed E-state index contributed by atoms with van der Waals surface area (Å²) >= 11 is 1.60. The lowest BCUT2D eigenvalue weighted by Gasteiger charge is -1.96. The molecule has 1 aromatic carbocycles. The summed E-state index contributed by atoms with van der Waals surface area (Å²) in [5.74, 6) is 0. The maximum absolute atomic E-state index is 8.53. The van der Waals surface area contributed by atoms with Crippen molar-refractivity contribution in [2.45, 2.75) is 12.8 Å². The summed E-state index contributed by atoms with van der Waals surface area (Å²) in [6, 6.07) is 10.2. The largest absolute Gasteiger partial charge is 0.396 e. The van der Waals surface area contributed by atoms with Crippen LogP contribution in [0.3, 0.4) is 0 Å². The Hall–Kier alpha value is -1.19. The average Bonchev–Trinajstić information content (AvgIpc) is 2.86. The van der Waals surface area contributed by atoms with Crippen molar-refractivity contribution in [3.8, 4) is 0 Å². The van der Waals surface area contributed by atoms with Gasteiger partial charge in [-0.1, -0.05) is 30.3 Å². The highest BCUT2D eigenvalue weighted by Gasteiger charge is 1.88. The number of benzene rings is 1. The van der Waals surface area contributed by atoms with Crippen molar-refractivity contribution < 1.29 is 5.11 Å². The number of aryl methyl sites for hydroxylation is 1. The van der Waals surface area contributed by atoms with Gasteiger partial charge in [0.2, 0.25) is 0 Å². The van der Waals surface area contributed by atoms with Gasteiger partial charge in [-0.3, -0.25) is 4.98 Å². The minimum absolute atomic E-state index is 0.287. The summed E-state index contributed by atoms with van der Waals surface area (Å²) in [5, 5.41) is 10.5. The molecule has 1 heterocycles. The van der Waals surface area contributed by atoms with Gasteiger partial charge in [-0.15, -0.1) is 11.3 Å². The lowest BCUT2D eigenvalue weighted by molar-refractivity contribution is 0.288. The predicted octanol–water partition coefficient (Wildman–Crippen LogP) is 2.75. The maximum atomic E-state index is 8.53. The van der Waals surface area contributed by atoms with Crippen LogP contribution in [0.15, 0.2) is 47.4 Å². The second-order valence-corrected chi connectivity index (χ2v) is 3.74. The molecule has 0 spiro atoms. The van der Waals surface area contributed by atoms with E-state index >= 15 is 0 Å². The summed E-state index contributed by atoms with van der Waals surface area (Å²) in [7, 11) is 0. The van der Waals surface area contributed by atoms with E-state index in [4.69, 9.17) is 5.11 Å². The quantitative estimate of drug-likeness (QED) is 0.864. The standard InChI is InChI=1S/C9H12O.C3H3NS/c10-8-4-7-9-5-2-1-3-6-9;1-2-5-3-4-1/h1-3,5-6,10H,4,7-8H2;1-3H. The van der Waals surface area contributed by atoms with Gasteiger partial charge in [-0.2, -0.15) is 0 Å². The van der Waals surface area contributed by atoms with Crippen LogP contribution in [0.25, 0.3) is 0 Å². The summed E-state index contributed by atoms with van der Waals surface area (Å²) in [5.41, 5.74) is 3.09. The lowest BCUT2D eigenvalue weighted by Crippen LogP contribution is -1.87. The molecular formula is C12H15NOS. The topological polar surface area (TPSA) is 33.1 Å². The first kappa shape index (κ1) is 11.9. The average molecular weight is 221 g/mol. The fraction of sp³-hybridized carbons (Fsp3) is 0.250. The molecule has 1 N–H and O–H groups in total. The van der Waals surface area contributed by atoms with Gasteiger partial charge in [-0.05, 0) is 18.4 Å². The van der Waals surface area contributed by atoms with E-state index in [0.29, 0.717) is 0 Å². The zero-order chi connectivity index (χ0) is 10.8. The van der Waals surface area contributed by atoms with Gasteiger partial charge < -0.3 is 5.11 Å². The number of rotatable bonds is 3. The smallest absolute Gasteiger partial charge is 0.0791 e. The van der Waals surface area contributed by atoms with E-state index in [0.717, 1.165) is 12.8 Å². The van der Waals surface area contributed by atoms with Crippen LogP contribution in [0.5, 0.6) is 0 Å². The molecule has 15 heavy (non-hydrogen) atoms. The molecule has 0 amide bonds. The van der Waals surface area contributed by atoms with E-state index < -0.39 is 0 Å². The van der Waals surface area contributed by atoms with Gasteiger partial charge in [0, 0.05) is 18.2 Å². The van der Waals surface area contributed by atoms with Crippen molar-refractivity contribution in [3.05, 3.63) is 53.0 Å². The Morgan fingerprint density at radius 1 is 1.20 bits per heavy atom. The second-order valence-electron chi connectivity index (χ2n) is 2.99. The molecule has 0 saturated carbocycles. The van der Waals surface area contributed by atoms with E-state index in [9.17, 15) is 0 Å². The fourth-order valence-electron chi connectivity index (χ4n) is 1.10. The zero-order valence-electron chi connectivity index (χ0n) is 8.54. The number of aliphatic hydroxyl groups excluding tert-OH is 1. The Morgan fingerprint density at radius 3 is 2.47 bits per heavy atom. The van der Waals surface area contributed by atoms with Crippen LogP contribution >= 0.6 is 11.3 Å². The van der Waals surface area contributed by atoms with Crippen LogP contribution in [0.4, 0.5) is 0 Å². The molecule has 0 aliphatic rings. The van der Waals surface area contributed by atoms with Crippen molar-refractivity contribution >= 4 is 11.3 Å². The van der Waals surface area contributed by atoms with Crippen LogP contribution in [-0.4, -0.2) is 16.7 Å². The SMILES string of the molecule is OCCCc1ccccc1.c1cscn1. The maximum Gasteiger partial charge on any atom is 0.0791 e. The summed E-state index contributed by atoms with van der Waals surface area (Å²) in [4.78, 5) is 3.74. The monoisotopic (exact) mass is 221 g/mol. The van der Waals surface area contributed by atoms with Gasteiger partial charge in [-0.25, -0.2) is 0 Å². The summed E-state index contributed by atoms with van der Waals surface area (Å²) in [6.45, 7) is 0.287. The third kappa shape index (κ3) is 5.99. The first-order valence-corrected chi connectivity index (χ1v) is 5.84. The molecule has 0 saturated heterocycles. The summed E-state index contributed by atoms with van der Waals surface area (Å²) in [6.07, 6.45) is 3.62. The van der Waals surface area contributed by atoms with Gasteiger partial charge >= 0.3 is 0 Å². The normalized spacial score (nSPS) is 9.13. The Bertz CT molecular complexity index is 303. The Balaban J connectivity index is 0.000000187. The molecule has 0 atom stereocenters. The molecule has 2 rings (SSSR count).